The molecule has 0 aliphatic rings. The van der Waals surface area contributed by atoms with Gasteiger partial charge in [-0.2, -0.15) is 0 Å². The summed E-state index contributed by atoms with van der Waals surface area (Å²) >= 11 is 0. The molecule has 3 N–H and O–H groups in total. The van der Waals surface area contributed by atoms with Gasteiger partial charge in [0.25, 0.3) is 5.56 Å². The Labute approximate surface area is 189 Å². The molecule has 0 radical (unpaired) electrons. The van der Waals surface area contributed by atoms with Gasteiger partial charge in [0.05, 0.1) is 19.9 Å². The van der Waals surface area contributed by atoms with E-state index in [0.29, 0.717) is 30.1 Å². The molecular weight excluding hydrogens is 424 g/mol. The van der Waals surface area contributed by atoms with Crippen molar-refractivity contribution in [3.05, 3.63) is 80.6 Å². The third kappa shape index (κ3) is 4.25. The zero-order chi connectivity index (χ0) is 23.5. The standard InChI is InChI=1S/C24H24N4O5/c1-14(25-11-10-15-13-26-20-9-8-18(33-3)12-19(15)20)21-22(29)27-24(31)28(23(21)30)16-4-6-17(32-2)7-5-16/h4-9,12-13,26,30H,10-11H2,1-3H3,(H,27,29,31). The van der Waals surface area contributed by atoms with Gasteiger partial charge in [0.1, 0.15) is 17.1 Å². The number of aromatic nitrogens is 3. The lowest BCUT2D eigenvalue weighted by Crippen LogP contribution is -2.32. The maximum atomic E-state index is 12.5. The van der Waals surface area contributed by atoms with Crippen LogP contribution in [-0.4, -0.2) is 46.1 Å². The van der Waals surface area contributed by atoms with Crippen LogP contribution in [0.25, 0.3) is 16.6 Å². The van der Waals surface area contributed by atoms with Crippen molar-refractivity contribution in [2.75, 3.05) is 20.8 Å². The number of ether oxygens (including phenoxy) is 2. The van der Waals surface area contributed by atoms with E-state index in [9.17, 15) is 14.7 Å². The molecule has 0 amide bonds. The number of nitrogens with zero attached hydrogens (tertiary/aromatic N) is 2. The van der Waals surface area contributed by atoms with Gasteiger partial charge in [0.15, 0.2) is 0 Å². The van der Waals surface area contributed by atoms with E-state index in [1.807, 2.05) is 24.4 Å². The number of hydrogen-bond donors (Lipinski definition) is 3. The summed E-state index contributed by atoms with van der Waals surface area (Å²) in [6, 6.07) is 12.3. The second-order valence-electron chi connectivity index (χ2n) is 7.43. The van der Waals surface area contributed by atoms with Crippen molar-refractivity contribution in [1.29, 1.82) is 0 Å². The fourth-order valence-electron chi connectivity index (χ4n) is 3.74. The first kappa shape index (κ1) is 21.9. The van der Waals surface area contributed by atoms with E-state index >= 15 is 0 Å². The highest BCUT2D eigenvalue weighted by atomic mass is 16.5. The van der Waals surface area contributed by atoms with Gasteiger partial charge < -0.3 is 19.6 Å². The van der Waals surface area contributed by atoms with Gasteiger partial charge in [-0.05, 0) is 61.4 Å². The number of aromatic amines is 2. The lowest BCUT2D eigenvalue weighted by molar-refractivity contribution is 0.414. The minimum atomic E-state index is -0.744. The van der Waals surface area contributed by atoms with Crippen molar-refractivity contribution in [2.24, 2.45) is 4.99 Å². The van der Waals surface area contributed by atoms with Crippen LogP contribution in [0.15, 0.2) is 63.2 Å². The maximum Gasteiger partial charge on any atom is 0.335 e. The number of aliphatic imine (C=N–C) groups is 1. The number of hydrogen-bond acceptors (Lipinski definition) is 6. The molecule has 0 bridgehead atoms. The van der Waals surface area contributed by atoms with E-state index in [0.717, 1.165) is 26.8 Å². The van der Waals surface area contributed by atoms with E-state index in [1.54, 1.807) is 38.3 Å². The van der Waals surface area contributed by atoms with Crippen LogP contribution in [-0.2, 0) is 6.42 Å². The molecule has 2 aromatic heterocycles. The fraction of sp³-hybridized carbons (Fsp3) is 0.208. The molecule has 33 heavy (non-hydrogen) atoms. The van der Waals surface area contributed by atoms with Crippen LogP contribution in [0.1, 0.15) is 18.1 Å². The predicted molar refractivity (Wildman–Crippen MR) is 127 cm³/mol. The van der Waals surface area contributed by atoms with Crippen LogP contribution in [0.2, 0.25) is 0 Å². The molecule has 0 atom stereocenters. The lowest BCUT2D eigenvalue weighted by atomic mass is 10.1. The van der Waals surface area contributed by atoms with Crippen molar-refractivity contribution in [1.82, 2.24) is 14.5 Å². The van der Waals surface area contributed by atoms with Gasteiger partial charge in [0, 0.05) is 29.4 Å². The predicted octanol–water partition coefficient (Wildman–Crippen LogP) is 2.78. The van der Waals surface area contributed by atoms with Crippen LogP contribution in [0.4, 0.5) is 0 Å². The van der Waals surface area contributed by atoms with Crippen LogP contribution in [0, 0.1) is 0 Å². The Morgan fingerprint density at radius 2 is 1.76 bits per heavy atom. The number of H-pyrrole nitrogens is 2. The number of methoxy groups -OCH3 is 2. The van der Waals surface area contributed by atoms with Crippen molar-refractivity contribution in [3.8, 4) is 23.1 Å². The second-order valence-corrected chi connectivity index (χ2v) is 7.43. The Hall–Kier alpha value is -4.27. The monoisotopic (exact) mass is 448 g/mol. The van der Waals surface area contributed by atoms with Crippen LogP contribution >= 0.6 is 0 Å². The highest BCUT2D eigenvalue weighted by Gasteiger charge is 2.18. The van der Waals surface area contributed by atoms with E-state index in [4.69, 9.17) is 9.47 Å². The molecule has 2 aromatic carbocycles. The van der Waals surface area contributed by atoms with E-state index in [1.165, 1.54) is 7.11 Å². The smallest absolute Gasteiger partial charge is 0.335 e. The molecule has 9 nitrogen and oxygen atoms in total. The Kier molecular flexibility index (Phi) is 6.03. The number of benzene rings is 2. The van der Waals surface area contributed by atoms with Gasteiger partial charge in [-0.15, -0.1) is 0 Å². The third-order valence-corrected chi connectivity index (χ3v) is 5.48. The first-order valence-electron chi connectivity index (χ1n) is 10.3. The summed E-state index contributed by atoms with van der Waals surface area (Å²) in [4.78, 5) is 34.8. The Balaban J connectivity index is 1.63. The summed E-state index contributed by atoms with van der Waals surface area (Å²) in [5.41, 5.74) is 1.28. The Bertz CT molecular complexity index is 1440. The van der Waals surface area contributed by atoms with Gasteiger partial charge in [-0.25, -0.2) is 9.36 Å². The third-order valence-electron chi connectivity index (χ3n) is 5.48. The number of nitrogens with one attached hydrogen (secondary N) is 2. The number of fused-ring (bicyclic) bond motifs is 1. The minimum absolute atomic E-state index is 0.0500. The molecule has 2 heterocycles. The van der Waals surface area contributed by atoms with Crippen molar-refractivity contribution >= 4 is 16.6 Å². The topological polar surface area (TPSA) is 122 Å². The summed E-state index contributed by atoms with van der Waals surface area (Å²) in [6.07, 6.45) is 2.53. The first-order valence-corrected chi connectivity index (χ1v) is 10.3. The van der Waals surface area contributed by atoms with Gasteiger partial charge in [-0.3, -0.25) is 14.8 Å². The van der Waals surface area contributed by atoms with Crippen LogP contribution < -0.4 is 20.7 Å². The van der Waals surface area contributed by atoms with Crippen molar-refractivity contribution in [2.45, 2.75) is 13.3 Å². The maximum absolute atomic E-state index is 12.5. The highest BCUT2D eigenvalue weighted by molar-refractivity contribution is 6.00. The van der Waals surface area contributed by atoms with E-state index < -0.39 is 17.1 Å². The van der Waals surface area contributed by atoms with Crippen molar-refractivity contribution < 1.29 is 14.6 Å². The largest absolute Gasteiger partial charge is 0.497 e. The normalized spacial score (nSPS) is 11.7. The Morgan fingerprint density at radius 1 is 1.06 bits per heavy atom. The number of aromatic hydroxyl groups is 1. The molecular formula is C24H24N4O5. The quantitative estimate of drug-likeness (QED) is 0.375. The summed E-state index contributed by atoms with van der Waals surface area (Å²) < 4.78 is 11.5. The average Bonchev–Trinajstić information content (AvgIpc) is 3.21. The summed E-state index contributed by atoms with van der Waals surface area (Å²) in [6.45, 7) is 2.02. The molecule has 0 spiro atoms. The van der Waals surface area contributed by atoms with E-state index in [2.05, 4.69) is 15.0 Å². The highest BCUT2D eigenvalue weighted by Crippen LogP contribution is 2.24. The average molecular weight is 448 g/mol. The molecule has 0 saturated heterocycles. The summed E-state index contributed by atoms with van der Waals surface area (Å²) in [7, 11) is 3.15. The lowest BCUT2D eigenvalue weighted by Gasteiger charge is -2.12. The molecule has 170 valence electrons. The van der Waals surface area contributed by atoms with Gasteiger partial charge >= 0.3 is 5.69 Å². The molecule has 4 aromatic rings. The fourth-order valence-corrected chi connectivity index (χ4v) is 3.74. The molecule has 4 rings (SSSR count). The van der Waals surface area contributed by atoms with Crippen LogP contribution in [0.3, 0.4) is 0 Å². The Morgan fingerprint density at radius 3 is 2.45 bits per heavy atom. The molecule has 0 fully saturated rings. The van der Waals surface area contributed by atoms with E-state index in [-0.39, 0.29) is 5.56 Å². The zero-order valence-corrected chi connectivity index (χ0v) is 18.5. The number of rotatable bonds is 7. The molecule has 0 aliphatic carbocycles. The van der Waals surface area contributed by atoms with Crippen LogP contribution in [0.5, 0.6) is 17.4 Å². The summed E-state index contributed by atoms with van der Waals surface area (Å²) in [5.74, 6) is 0.899. The molecule has 9 heteroatoms. The zero-order valence-electron chi connectivity index (χ0n) is 18.5. The first-order chi connectivity index (χ1) is 15.9. The molecule has 0 unspecified atom stereocenters. The summed E-state index contributed by atoms with van der Waals surface area (Å²) in [5, 5.41) is 11.8. The van der Waals surface area contributed by atoms with Gasteiger partial charge in [0.2, 0.25) is 5.88 Å². The molecule has 0 aliphatic heterocycles. The van der Waals surface area contributed by atoms with Crippen molar-refractivity contribution in [3.63, 3.8) is 0 Å². The minimum Gasteiger partial charge on any atom is -0.497 e. The SMILES string of the molecule is COc1ccc(-n2c(O)c(C(C)=NCCc3c[nH]c4ccc(OC)cc34)c(=O)[nH]c2=O)cc1. The van der Waals surface area contributed by atoms with Gasteiger partial charge in [-0.1, -0.05) is 0 Å². The molecule has 0 saturated carbocycles. The second kappa shape index (κ2) is 9.07.